The maximum atomic E-state index is 12.7. The molecule has 2 aliphatic rings. The van der Waals surface area contributed by atoms with Gasteiger partial charge in [-0.2, -0.15) is 0 Å². The Bertz CT molecular complexity index is 576. The summed E-state index contributed by atoms with van der Waals surface area (Å²) < 4.78 is 4.14. The molecule has 131 valence electrons. The minimum absolute atomic E-state index is 0. The van der Waals surface area contributed by atoms with Crippen molar-refractivity contribution in [3.63, 3.8) is 0 Å². The standard InChI is InChI=1S/C9H7.C7H13NO.C2H7Si.2ClH.Ti/c1-2-5-9-7-3-6-8(9)4-1;8-7(9)6-4-2-1-3-5-6;1-3-2;;;/h1-7H;6H,1-5H2,(H2,8,9);3H,1-2H3;2*1H;/q;;;;;+3/p-3. The summed E-state index contributed by atoms with van der Waals surface area (Å²) in [4.78, 5) is 12.7. The molecule has 1 fully saturated rings. The van der Waals surface area contributed by atoms with E-state index in [-0.39, 0.29) is 24.8 Å². The molecule has 1 N–H and O–H groups in total. The number of carbonyl (C=O) groups excluding carboxylic acids is 1. The van der Waals surface area contributed by atoms with Crippen molar-refractivity contribution in [2.75, 3.05) is 0 Å². The third-order valence-electron chi connectivity index (χ3n) is 5.00. The molecule has 3 rings (SSSR count). The molecular formula is C18H26Cl2NOSiTi. The van der Waals surface area contributed by atoms with Gasteiger partial charge in [0.25, 0.3) is 0 Å². The number of amides is 1. The number of hydrogen-bond donors (Lipinski definition) is 1. The molecule has 0 bridgehead atoms. The molecule has 1 amide bonds. The monoisotopic (exact) mass is 418 g/mol. The van der Waals surface area contributed by atoms with Crippen LogP contribution < -0.4 is 28.6 Å². The number of allylic oxidation sites excluding steroid dienone is 1. The van der Waals surface area contributed by atoms with Crippen LogP contribution in [0.1, 0.15) is 47.5 Å². The Kier molecular flexibility index (Phi) is 9.32. The van der Waals surface area contributed by atoms with E-state index in [1.807, 2.05) is 0 Å². The van der Waals surface area contributed by atoms with Crippen molar-refractivity contribution in [2.24, 2.45) is 5.92 Å². The molecule has 0 heterocycles. The van der Waals surface area contributed by atoms with Gasteiger partial charge in [0.15, 0.2) is 0 Å². The molecule has 1 unspecified atom stereocenters. The SMILES string of the molecule is C[SiH](C)[Ti+2]([NH]C(=O)C1CCCCC1)[CH]1C=Cc2ccccc21.[Cl-].[Cl-]. The second-order valence-electron chi connectivity index (χ2n) is 6.90. The second-order valence-corrected chi connectivity index (χ2v) is 20.0. The van der Waals surface area contributed by atoms with Gasteiger partial charge in [-0.3, -0.25) is 0 Å². The molecule has 1 saturated carbocycles. The molecule has 2 nitrogen and oxygen atoms in total. The van der Waals surface area contributed by atoms with E-state index in [1.54, 1.807) is 0 Å². The van der Waals surface area contributed by atoms with Crippen LogP contribution >= 0.6 is 0 Å². The predicted octanol–water partition coefficient (Wildman–Crippen LogP) is -2.02. The largest absolute Gasteiger partial charge is 1.00 e. The van der Waals surface area contributed by atoms with Gasteiger partial charge in [0, 0.05) is 0 Å². The first-order valence-corrected chi connectivity index (χ1v) is 15.9. The number of nitrogens with one attached hydrogen (secondary N) is 1. The summed E-state index contributed by atoms with van der Waals surface area (Å²) in [5.74, 6) is 0.679. The Morgan fingerprint density at radius 2 is 1.79 bits per heavy atom. The van der Waals surface area contributed by atoms with Gasteiger partial charge < -0.3 is 24.8 Å². The maximum Gasteiger partial charge on any atom is -1.00 e. The van der Waals surface area contributed by atoms with Crippen molar-refractivity contribution in [1.82, 2.24) is 3.80 Å². The average molecular weight is 419 g/mol. The molecular weight excluding hydrogens is 393 g/mol. The van der Waals surface area contributed by atoms with Gasteiger partial charge in [-0.1, -0.05) is 0 Å². The molecule has 0 spiro atoms. The van der Waals surface area contributed by atoms with Crippen LogP contribution in [0.3, 0.4) is 0 Å². The summed E-state index contributed by atoms with van der Waals surface area (Å²) in [7, 11) is 0. The average Bonchev–Trinajstić information content (AvgIpc) is 2.96. The zero-order chi connectivity index (χ0) is 15.5. The number of rotatable bonds is 4. The summed E-state index contributed by atoms with van der Waals surface area (Å²) in [6.45, 7) is 4.02. The van der Waals surface area contributed by atoms with Gasteiger partial charge in [-0.05, 0) is 0 Å². The molecule has 0 saturated heterocycles. The molecule has 0 aromatic heterocycles. The topological polar surface area (TPSA) is 29.1 Å². The summed E-state index contributed by atoms with van der Waals surface area (Å²) in [5, 5.41) is 0. The third-order valence-corrected chi connectivity index (χ3v) is 16.8. The number of carbonyl (C=O) groups is 1. The van der Waals surface area contributed by atoms with Crippen LogP contribution in [-0.4, -0.2) is 12.6 Å². The van der Waals surface area contributed by atoms with Crippen LogP contribution in [0.25, 0.3) is 6.08 Å². The third kappa shape index (κ3) is 4.98. The Hall–Kier alpha value is -0.0588. The van der Waals surface area contributed by atoms with E-state index >= 15 is 0 Å². The van der Waals surface area contributed by atoms with Gasteiger partial charge >= 0.3 is 141 Å². The molecule has 0 radical (unpaired) electrons. The fourth-order valence-corrected chi connectivity index (χ4v) is 13.6. The number of halogens is 2. The van der Waals surface area contributed by atoms with Crippen LogP contribution in [0.15, 0.2) is 30.3 Å². The summed E-state index contributed by atoms with van der Waals surface area (Å²) in [6.07, 6.45) is 10.6. The quantitative estimate of drug-likeness (QED) is 0.561. The minimum Gasteiger partial charge on any atom is -1.00 e. The first-order valence-electron chi connectivity index (χ1n) is 8.61. The van der Waals surface area contributed by atoms with E-state index < -0.39 is 24.0 Å². The van der Waals surface area contributed by atoms with E-state index in [4.69, 9.17) is 0 Å². The van der Waals surface area contributed by atoms with Gasteiger partial charge in [-0.25, -0.2) is 0 Å². The van der Waals surface area contributed by atoms with Crippen LogP contribution in [-0.2, 0) is 22.2 Å². The van der Waals surface area contributed by atoms with E-state index in [1.165, 1.54) is 30.4 Å². The van der Waals surface area contributed by atoms with Gasteiger partial charge in [0.1, 0.15) is 0 Å². The molecule has 2 aliphatic carbocycles. The summed E-state index contributed by atoms with van der Waals surface area (Å²) in [6, 6.07) is 8.71. The van der Waals surface area contributed by atoms with Crippen LogP contribution in [0.4, 0.5) is 0 Å². The second kappa shape index (κ2) is 10.2. The smallest absolute Gasteiger partial charge is 1.00 e. The maximum absolute atomic E-state index is 12.7. The normalized spacial score (nSPS) is 19.2. The Morgan fingerprint density at radius 3 is 2.46 bits per heavy atom. The fraction of sp³-hybridized carbons (Fsp3) is 0.500. The Balaban J connectivity index is 0.00000144. The Labute approximate surface area is 165 Å². The zero-order valence-electron chi connectivity index (χ0n) is 14.4. The fourth-order valence-electron chi connectivity index (χ4n) is 3.71. The van der Waals surface area contributed by atoms with Crippen molar-refractivity contribution in [1.29, 1.82) is 0 Å². The molecule has 1 aromatic rings. The first kappa shape index (κ1) is 22.0. The van der Waals surface area contributed by atoms with Crippen LogP contribution in [0.5, 0.6) is 0 Å². The van der Waals surface area contributed by atoms with Crippen LogP contribution in [0.2, 0.25) is 13.1 Å². The number of benzene rings is 1. The first-order chi connectivity index (χ1) is 10.7. The van der Waals surface area contributed by atoms with Gasteiger partial charge in [-0.15, -0.1) is 0 Å². The van der Waals surface area contributed by atoms with Crippen molar-refractivity contribution in [3.8, 4) is 0 Å². The van der Waals surface area contributed by atoms with Crippen molar-refractivity contribution < 1.29 is 47.0 Å². The number of fused-ring (bicyclic) bond motifs is 1. The molecule has 1 aromatic carbocycles. The summed E-state index contributed by atoms with van der Waals surface area (Å²) in [5.41, 5.74) is 2.82. The van der Waals surface area contributed by atoms with E-state index in [2.05, 4.69) is 53.3 Å². The van der Waals surface area contributed by atoms with E-state index in [9.17, 15) is 4.79 Å². The van der Waals surface area contributed by atoms with Crippen molar-refractivity contribution >= 4 is 18.6 Å². The molecule has 1 atom stereocenters. The summed E-state index contributed by atoms with van der Waals surface area (Å²) >= 11 is -1.59. The van der Waals surface area contributed by atoms with Crippen LogP contribution in [0, 0.1) is 5.92 Å². The van der Waals surface area contributed by atoms with Gasteiger partial charge in [0.2, 0.25) is 0 Å². The Morgan fingerprint density at radius 1 is 1.12 bits per heavy atom. The van der Waals surface area contributed by atoms with Crippen molar-refractivity contribution in [2.45, 2.75) is 49.4 Å². The zero-order valence-corrected chi connectivity index (χ0v) is 18.6. The molecule has 0 aliphatic heterocycles. The van der Waals surface area contributed by atoms with E-state index in [0.29, 0.717) is 16.0 Å². The minimum atomic E-state index is -1.59. The molecule has 6 heteroatoms. The number of hydrogen-bond acceptors (Lipinski definition) is 1. The van der Waals surface area contributed by atoms with Gasteiger partial charge in [0.05, 0.1) is 0 Å². The predicted molar refractivity (Wildman–Crippen MR) is 91.8 cm³/mol. The molecule has 24 heavy (non-hydrogen) atoms. The van der Waals surface area contributed by atoms with E-state index in [0.717, 1.165) is 12.8 Å². The van der Waals surface area contributed by atoms with Crippen molar-refractivity contribution in [3.05, 3.63) is 41.5 Å².